The van der Waals surface area contributed by atoms with Crippen LogP contribution in [0, 0.1) is 18.3 Å². The molecule has 1 aliphatic rings. The van der Waals surface area contributed by atoms with Gasteiger partial charge in [-0.15, -0.1) is 0 Å². The lowest BCUT2D eigenvalue weighted by Gasteiger charge is -2.16. The quantitative estimate of drug-likeness (QED) is 0.837. The van der Waals surface area contributed by atoms with Crippen molar-refractivity contribution in [3.8, 4) is 6.07 Å². The zero-order valence-electron chi connectivity index (χ0n) is 12.1. The number of rotatable bonds is 2. The molecule has 0 saturated heterocycles. The molecule has 0 aromatic heterocycles. The Labute approximate surface area is 138 Å². The molecule has 1 heterocycles. The van der Waals surface area contributed by atoms with Crippen LogP contribution in [0.1, 0.15) is 27.0 Å². The molecule has 5 nitrogen and oxygen atoms in total. The van der Waals surface area contributed by atoms with E-state index in [2.05, 4.69) is 0 Å². The summed E-state index contributed by atoms with van der Waals surface area (Å²) in [5.74, 6) is -0.591. The molecule has 0 atom stereocenters. The molecule has 0 saturated carbocycles. The number of hydrogen-bond acceptors (Lipinski definition) is 4. The van der Waals surface area contributed by atoms with Crippen LogP contribution in [0.4, 0.5) is 0 Å². The van der Waals surface area contributed by atoms with E-state index >= 15 is 0 Å². The second-order valence-electron chi connectivity index (χ2n) is 5.19. The van der Waals surface area contributed by atoms with Crippen molar-refractivity contribution in [2.75, 3.05) is 0 Å². The highest BCUT2D eigenvalue weighted by Crippen LogP contribution is 2.36. The van der Waals surface area contributed by atoms with Crippen LogP contribution < -0.4 is 0 Å². The molecule has 0 aliphatic carbocycles. The largest absolute Gasteiger partial charge is 0.269 e. The third-order valence-electron chi connectivity index (χ3n) is 3.76. The van der Waals surface area contributed by atoms with Gasteiger partial charge >= 0.3 is 0 Å². The molecule has 3 rings (SSSR count). The van der Waals surface area contributed by atoms with Gasteiger partial charge in [-0.1, -0.05) is 23.7 Å². The number of sulfonamides is 1. The lowest BCUT2D eigenvalue weighted by molar-refractivity contribution is 0.0865. The number of carbonyl (C=O) groups is 1. The van der Waals surface area contributed by atoms with Gasteiger partial charge in [0.25, 0.3) is 15.9 Å². The average Bonchev–Trinajstić information content (AvgIpc) is 2.70. The predicted octanol–water partition coefficient (Wildman–Crippen LogP) is 2.86. The van der Waals surface area contributed by atoms with Crippen LogP contribution in [0.3, 0.4) is 0 Å². The van der Waals surface area contributed by atoms with Crippen LogP contribution in [0.25, 0.3) is 0 Å². The van der Waals surface area contributed by atoms with Crippen LogP contribution in [-0.2, 0) is 16.6 Å². The number of fused-ring (bicyclic) bond motifs is 1. The normalized spacial score (nSPS) is 15.3. The molecular weight excluding hydrogens is 336 g/mol. The number of benzene rings is 2. The van der Waals surface area contributed by atoms with Gasteiger partial charge in [0, 0.05) is 0 Å². The Morgan fingerprint density at radius 2 is 2.00 bits per heavy atom. The molecule has 0 fully saturated rings. The van der Waals surface area contributed by atoms with Gasteiger partial charge in [0.1, 0.15) is 4.90 Å². The lowest BCUT2D eigenvalue weighted by atomic mass is 10.1. The molecule has 1 amide bonds. The fraction of sp³-hybridized carbons (Fsp3) is 0.125. The number of nitrogens with zero attached hydrogens (tertiary/aromatic N) is 2. The van der Waals surface area contributed by atoms with Gasteiger partial charge in [-0.05, 0) is 42.3 Å². The Bertz CT molecular complexity index is 977. The Kier molecular flexibility index (Phi) is 3.63. The minimum atomic E-state index is -3.97. The molecule has 2 aromatic rings. The Morgan fingerprint density at radius 1 is 1.26 bits per heavy atom. The summed E-state index contributed by atoms with van der Waals surface area (Å²) in [6.07, 6.45) is 0. The van der Waals surface area contributed by atoms with Crippen molar-refractivity contribution in [1.29, 1.82) is 5.26 Å². The van der Waals surface area contributed by atoms with Crippen molar-refractivity contribution < 1.29 is 13.2 Å². The van der Waals surface area contributed by atoms with Crippen LogP contribution in [0.15, 0.2) is 41.3 Å². The van der Waals surface area contributed by atoms with Crippen molar-refractivity contribution in [2.45, 2.75) is 18.4 Å². The number of amides is 1. The van der Waals surface area contributed by atoms with Gasteiger partial charge in [0.2, 0.25) is 0 Å². The molecule has 0 radical (unpaired) electrons. The molecule has 7 heteroatoms. The molecule has 0 unspecified atom stereocenters. The second-order valence-corrected chi connectivity index (χ2v) is 7.39. The Hall–Kier alpha value is -2.36. The standard InChI is InChI=1S/C16H11ClN2O3S/c1-10-7-11(8-18)5-6-12(10)9-19-16(20)13-3-2-4-14(17)15(13)23(19,21)22/h2-7H,9H2,1H3. The van der Waals surface area contributed by atoms with Gasteiger partial charge in [-0.25, -0.2) is 12.7 Å². The third kappa shape index (κ3) is 2.38. The van der Waals surface area contributed by atoms with E-state index in [1.165, 1.54) is 12.1 Å². The van der Waals surface area contributed by atoms with Gasteiger partial charge in [0.15, 0.2) is 0 Å². The maximum Gasteiger partial charge on any atom is 0.269 e. The maximum absolute atomic E-state index is 12.6. The van der Waals surface area contributed by atoms with Crippen molar-refractivity contribution in [1.82, 2.24) is 4.31 Å². The summed E-state index contributed by atoms with van der Waals surface area (Å²) < 4.78 is 26.1. The highest BCUT2D eigenvalue weighted by atomic mass is 35.5. The molecule has 2 aromatic carbocycles. The molecule has 0 bridgehead atoms. The monoisotopic (exact) mass is 346 g/mol. The highest BCUT2D eigenvalue weighted by Gasteiger charge is 2.42. The molecule has 23 heavy (non-hydrogen) atoms. The minimum Gasteiger partial charge on any atom is -0.268 e. The van der Waals surface area contributed by atoms with Crippen molar-refractivity contribution in [3.63, 3.8) is 0 Å². The smallest absolute Gasteiger partial charge is 0.268 e. The predicted molar refractivity (Wildman–Crippen MR) is 84.4 cm³/mol. The van der Waals surface area contributed by atoms with Gasteiger partial charge in [-0.2, -0.15) is 5.26 Å². The van der Waals surface area contributed by atoms with Crippen molar-refractivity contribution >= 4 is 27.5 Å². The number of nitriles is 1. The maximum atomic E-state index is 12.6. The topological polar surface area (TPSA) is 78.2 Å². The zero-order valence-corrected chi connectivity index (χ0v) is 13.6. The van der Waals surface area contributed by atoms with Crippen molar-refractivity contribution in [3.05, 3.63) is 63.7 Å². The summed E-state index contributed by atoms with van der Waals surface area (Å²) >= 11 is 5.96. The summed E-state index contributed by atoms with van der Waals surface area (Å²) in [5, 5.41) is 8.92. The first kappa shape index (κ1) is 15.5. The third-order valence-corrected chi connectivity index (χ3v) is 6.02. The van der Waals surface area contributed by atoms with Gasteiger partial charge < -0.3 is 0 Å². The number of carbonyl (C=O) groups excluding carboxylic acids is 1. The van der Waals surface area contributed by atoms with E-state index < -0.39 is 15.9 Å². The number of hydrogen-bond donors (Lipinski definition) is 0. The number of halogens is 1. The number of aryl methyl sites for hydroxylation is 1. The summed E-state index contributed by atoms with van der Waals surface area (Å²) in [6, 6.07) is 11.4. The highest BCUT2D eigenvalue weighted by molar-refractivity contribution is 7.90. The van der Waals surface area contributed by atoms with Crippen molar-refractivity contribution in [2.24, 2.45) is 0 Å². The van der Waals surface area contributed by atoms with E-state index in [1.807, 2.05) is 6.07 Å². The average molecular weight is 347 g/mol. The van der Waals surface area contributed by atoms with Crippen LogP contribution in [0.2, 0.25) is 5.02 Å². The first-order valence-corrected chi connectivity index (χ1v) is 8.53. The van der Waals surface area contributed by atoms with Gasteiger partial charge in [-0.3, -0.25) is 4.79 Å². The zero-order chi connectivity index (χ0) is 16.8. The SMILES string of the molecule is Cc1cc(C#N)ccc1CN1C(=O)c2cccc(Cl)c2S1(=O)=O. The molecule has 0 N–H and O–H groups in total. The van der Waals surface area contributed by atoms with E-state index in [9.17, 15) is 13.2 Å². The first-order valence-electron chi connectivity index (χ1n) is 6.71. The van der Waals surface area contributed by atoms with Crippen LogP contribution >= 0.6 is 11.6 Å². The molecule has 0 spiro atoms. The summed E-state index contributed by atoms with van der Waals surface area (Å²) in [6.45, 7) is 1.67. The lowest BCUT2D eigenvalue weighted by Crippen LogP contribution is -2.29. The summed E-state index contributed by atoms with van der Waals surface area (Å²) in [7, 11) is -3.97. The second kappa shape index (κ2) is 5.37. The Balaban J connectivity index is 2.05. The van der Waals surface area contributed by atoms with E-state index in [4.69, 9.17) is 16.9 Å². The van der Waals surface area contributed by atoms with Crippen LogP contribution in [-0.4, -0.2) is 18.6 Å². The minimum absolute atomic E-state index is 0.0369. The van der Waals surface area contributed by atoms with E-state index in [0.717, 1.165) is 9.87 Å². The van der Waals surface area contributed by atoms with Crippen LogP contribution in [0.5, 0.6) is 0 Å². The molecule has 116 valence electrons. The van der Waals surface area contributed by atoms with Gasteiger partial charge in [0.05, 0.1) is 28.8 Å². The fourth-order valence-electron chi connectivity index (χ4n) is 2.55. The summed E-state index contributed by atoms with van der Waals surface area (Å²) in [5.41, 5.74) is 1.97. The fourth-order valence-corrected chi connectivity index (χ4v) is 4.61. The van der Waals surface area contributed by atoms with E-state index in [1.54, 1.807) is 31.2 Å². The molecule has 1 aliphatic heterocycles. The van der Waals surface area contributed by atoms with E-state index in [-0.39, 0.29) is 22.0 Å². The summed E-state index contributed by atoms with van der Waals surface area (Å²) in [4.78, 5) is 12.3. The molecular formula is C16H11ClN2O3S. The Morgan fingerprint density at radius 3 is 2.61 bits per heavy atom. The first-order chi connectivity index (χ1) is 10.9. The van der Waals surface area contributed by atoms with E-state index in [0.29, 0.717) is 11.1 Å².